The monoisotopic (exact) mass is 396 g/mol. The Morgan fingerprint density at radius 1 is 1.10 bits per heavy atom. The number of aromatic amines is 1. The number of hydrogen-bond acceptors (Lipinski definition) is 2. The number of carbonyl (C=O) groups is 1. The fourth-order valence-corrected chi connectivity index (χ4v) is 4.10. The molecule has 3 aromatic rings. The lowest BCUT2D eigenvalue weighted by Crippen LogP contribution is -2.40. The highest BCUT2D eigenvalue weighted by Gasteiger charge is 2.25. The second-order valence-corrected chi connectivity index (χ2v) is 7.64. The fraction of sp³-hybridized carbons (Fsp3) is 0.304. The molecule has 0 spiro atoms. The molecule has 0 saturated carbocycles. The Kier molecular flexibility index (Phi) is 5.43. The van der Waals surface area contributed by atoms with Gasteiger partial charge in [0.1, 0.15) is 0 Å². The molecule has 1 amide bonds. The lowest BCUT2D eigenvalue weighted by Gasteiger charge is -2.33. The molecule has 0 radical (unpaired) electrons. The summed E-state index contributed by atoms with van der Waals surface area (Å²) in [7, 11) is 0. The van der Waals surface area contributed by atoms with Crippen LogP contribution in [0.15, 0.2) is 53.3 Å². The van der Waals surface area contributed by atoms with Crippen molar-refractivity contribution in [1.29, 1.82) is 0 Å². The maximum Gasteiger partial charge on any atom is 0.254 e. The quantitative estimate of drug-likeness (QED) is 0.715. The van der Waals surface area contributed by atoms with Crippen LogP contribution in [0.4, 0.5) is 8.78 Å². The van der Waals surface area contributed by atoms with Gasteiger partial charge in [0.05, 0.1) is 5.56 Å². The number of nitrogens with one attached hydrogen (secondary N) is 1. The number of piperidine rings is 1. The Morgan fingerprint density at radius 2 is 1.93 bits per heavy atom. The van der Waals surface area contributed by atoms with Gasteiger partial charge in [-0.25, -0.2) is 8.78 Å². The summed E-state index contributed by atoms with van der Waals surface area (Å²) in [6.07, 6.45) is 3.31. The number of likely N-dealkylation sites (tertiary alicyclic amines) is 1. The molecule has 1 aliphatic heterocycles. The van der Waals surface area contributed by atoms with E-state index in [2.05, 4.69) is 4.98 Å². The number of nitrogens with zero attached hydrogens (tertiary/aromatic N) is 1. The molecule has 1 fully saturated rings. The normalized spacial score (nSPS) is 16.9. The minimum absolute atomic E-state index is 0.134. The summed E-state index contributed by atoms with van der Waals surface area (Å²) in [5.41, 5.74) is 1.53. The number of para-hydroxylation sites is 1. The number of benzene rings is 2. The maximum absolute atomic E-state index is 13.4. The zero-order chi connectivity index (χ0) is 20.4. The lowest BCUT2D eigenvalue weighted by molar-refractivity contribution is 0.0670. The highest BCUT2D eigenvalue weighted by molar-refractivity contribution is 6.05. The third-order valence-corrected chi connectivity index (χ3v) is 5.61. The van der Waals surface area contributed by atoms with Crippen LogP contribution >= 0.6 is 0 Å². The zero-order valence-corrected chi connectivity index (χ0v) is 16.0. The van der Waals surface area contributed by atoms with Gasteiger partial charge in [-0.15, -0.1) is 0 Å². The number of hydrogen-bond donors (Lipinski definition) is 1. The summed E-state index contributed by atoms with van der Waals surface area (Å²) in [5.74, 6) is -1.52. The van der Waals surface area contributed by atoms with Crippen LogP contribution in [0.3, 0.4) is 0 Å². The Labute approximate surface area is 167 Å². The van der Waals surface area contributed by atoms with E-state index < -0.39 is 11.6 Å². The van der Waals surface area contributed by atoms with E-state index in [-0.39, 0.29) is 17.4 Å². The molecule has 2 heterocycles. The lowest BCUT2D eigenvalue weighted by atomic mass is 9.91. The Bertz CT molecular complexity index is 1110. The predicted octanol–water partition coefficient (Wildman–Crippen LogP) is 4.29. The number of rotatable bonds is 4. The van der Waals surface area contributed by atoms with Crippen LogP contribution in [0.1, 0.15) is 35.2 Å². The van der Waals surface area contributed by atoms with Gasteiger partial charge < -0.3 is 9.88 Å². The van der Waals surface area contributed by atoms with E-state index in [9.17, 15) is 18.4 Å². The van der Waals surface area contributed by atoms with E-state index in [1.807, 2.05) is 18.2 Å². The van der Waals surface area contributed by atoms with E-state index in [1.165, 1.54) is 12.1 Å². The van der Waals surface area contributed by atoms with Crippen molar-refractivity contribution >= 4 is 16.8 Å². The largest absolute Gasteiger partial charge is 0.338 e. The van der Waals surface area contributed by atoms with Crippen molar-refractivity contribution in [3.63, 3.8) is 0 Å². The van der Waals surface area contributed by atoms with Gasteiger partial charge in [0.15, 0.2) is 11.6 Å². The second kappa shape index (κ2) is 8.15. The van der Waals surface area contributed by atoms with Crippen molar-refractivity contribution < 1.29 is 13.6 Å². The fourth-order valence-electron chi connectivity index (χ4n) is 4.10. The number of aromatic nitrogens is 1. The van der Waals surface area contributed by atoms with Crippen molar-refractivity contribution in [2.24, 2.45) is 5.92 Å². The van der Waals surface area contributed by atoms with E-state index in [0.717, 1.165) is 36.3 Å². The highest BCUT2D eigenvalue weighted by atomic mass is 19.2. The zero-order valence-electron chi connectivity index (χ0n) is 16.0. The van der Waals surface area contributed by atoms with Gasteiger partial charge in [0.2, 0.25) is 5.56 Å². The molecular weight excluding hydrogens is 374 g/mol. The highest BCUT2D eigenvalue weighted by Crippen LogP contribution is 2.25. The van der Waals surface area contributed by atoms with Crippen LogP contribution in [-0.2, 0) is 6.42 Å². The molecule has 6 heteroatoms. The molecule has 0 bridgehead atoms. The standard InChI is InChI=1S/C23H22F2N2O2/c24-19-10-9-15(12-20(19)25)7-8-16-4-3-11-27(14-16)23(29)18-13-22(28)26-21-6-2-1-5-17(18)21/h1-2,5-6,9-10,12-13,16H,3-4,7-8,11,14H2,(H,26,28)/t16-/m0/s1. The molecule has 1 saturated heterocycles. The summed E-state index contributed by atoms with van der Waals surface area (Å²) in [6.45, 7) is 1.26. The molecule has 0 unspecified atom stereocenters. The van der Waals surface area contributed by atoms with Crippen molar-refractivity contribution in [2.45, 2.75) is 25.7 Å². The molecule has 2 aromatic carbocycles. The van der Waals surface area contributed by atoms with E-state index in [0.29, 0.717) is 30.6 Å². The number of halogens is 2. The Hall–Kier alpha value is -3.02. The average molecular weight is 396 g/mol. The molecule has 4 nitrogen and oxygen atoms in total. The second-order valence-electron chi connectivity index (χ2n) is 7.64. The Morgan fingerprint density at radius 3 is 2.76 bits per heavy atom. The number of H-pyrrole nitrogens is 1. The smallest absolute Gasteiger partial charge is 0.254 e. The van der Waals surface area contributed by atoms with Gasteiger partial charge in [-0.3, -0.25) is 9.59 Å². The number of pyridine rings is 1. The van der Waals surface area contributed by atoms with Gasteiger partial charge in [-0.2, -0.15) is 0 Å². The number of aryl methyl sites for hydroxylation is 1. The predicted molar refractivity (Wildman–Crippen MR) is 108 cm³/mol. The SMILES string of the molecule is O=C(c1cc(=O)[nH]c2ccccc12)N1CCC[C@@H](CCc2ccc(F)c(F)c2)C1. The summed E-state index contributed by atoms with van der Waals surface area (Å²) in [4.78, 5) is 29.7. The number of carbonyl (C=O) groups excluding carboxylic acids is 1. The van der Waals surface area contributed by atoms with E-state index in [4.69, 9.17) is 0 Å². The van der Waals surface area contributed by atoms with Gasteiger partial charge in [-0.05, 0) is 55.4 Å². The van der Waals surface area contributed by atoms with Crippen molar-refractivity contribution in [3.8, 4) is 0 Å². The van der Waals surface area contributed by atoms with Gasteiger partial charge in [0, 0.05) is 30.1 Å². The third-order valence-electron chi connectivity index (χ3n) is 5.61. The summed E-state index contributed by atoms with van der Waals surface area (Å²) in [6, 6.07) is 12.7. The molecule has 1 aromatic heterocycles. The van der Waals surface area contributed by atoms with Crippen LogP contribution in [0.25, 0.3) is 10.9 Å². The maximum atomic E-state index is 13.4. The summed E-state index contributed by atoms with van der Waals surface area (Å²) in [5, 5.41) is 0.737. The van der Waals surface area contributed by atoms with Crippen molar-refractivity contribution in [3.05, 3.63) is 81.6 Å². The number of amides is 1. The molecule has 150 valence electrons. The summed E-state index contributed by atoms with van der Waals surface area (Å²) < 4.78 is 26.5. The molecular formula is C23H22F2N2O2. The van der Waals surface area contributed by atoms with E-state index in [1.54, 1.807) is 17.0 Å². The van der Waals surface area contributed by atoms with E-state index >= 15 is 0 Å². The summed E-state index contributed by atoms with van der Waals surface area (Å²) >= 11 is 0. The Balaban J connectivity index is 1.48. The van der Waals surface area contributed by atoms with Crippen LogP contribution in [-0.4, -0.2) is 28.9 Å². The molecule has 1 atom stereocenters. The average Bonchev–Trinajstić information content (AvgIpc) is 2.73. The third kappa shape index (κ3) is 4.21. The van der Waals surface area contributed by atoms with Crippen molar-refractivity contribution in [1.82, 2.24) is 9.88 Å². The molecule has 4 rings (SSSR count). The minimum atomic E-state index is -0.840. The van der Waals surface area contributed by atoms with Crippen LogP contribution < -0.4 is 5.56 Å². The first-order chi connectivity index (χ1) is 14.0. The minimum Gasteiger partial charge on any atom is -0.338 e. The topological polar surface area (TPSA) is 53.2 Å². The van der Waals surface area contributed by atoms with Gasteiger partial charge in [-0.1, -0.05) is 24.3 Å². The molecule has 1 aliphatic rings. The van der Waals surface area contributed by atoms with Crippen LogP contribution in [0.5, 0.6) is 0 Å². The molecule has 29 heavy (non-hydrogen) atoms. The van der Waals surface area contributed by atoms with Gasteiger partial charge in [0.25, 0.3) is 5.91 Å². The van der Waals surface area contributed by atoms with Crippen LogP contribution in [0, 0.1) is 17.6 Å². The molecule has 1 N–H and O–H groups in total. The first-order valence-electron chi connectivity index (χ1n) is 9.86. The van der Waals surface area contributed by atoms with Gasteiger partial charge >= 0.3 is 0 Å². The first kappa shape index (κ1) is 19.3. The van der Waals surface area contributed by atoms with Crippen molar-refractivity contribution in [2.75, 3.05) is 13.1 Å². The molecule has 0 aliphatic carbocycles. The number of fused-ring (bicyclic) bond motifs is 1. The van der Waals surface area contributed by atoms with Crippen LogP contribution in [0.2, 0.25) is 0 Å². The first-order valence-corrected chi connectivity index (χ1v) is 9.86.